The number of carboxylic acid groups (broad SMARTS) is 1. The van der Waals surface area contributed by atoms with Crippen molar-refractivity contribution in [2.75, 3.05) is 19.6 Å². The number of Topliss-reactive ketones (excluding diaryl/α,β-unsaturated/α-hetero) is 1. The van der Waals surface area contributed by atoms with Gasteiger partial charge in [0.1, 0.15) is 12.5 Å². The van der Waals surface area contributed by atoms with E-state index in [2.05, 4.69) is 64.1 Å². The highest BCUT2D eigenvalue weighted by molar-refractivity contribution is 6.38. The molecule has 2 heterocycles. The summed E-state index contributed by atoms with van der Waals surface area (Å²) in [7, 11) is 0. The first-order valence-corrected chi connectivity index (χ1v) is 13.2. The Morgan fingerprint density at radius 3 is 2.05 bits per heavy atom. The van der Waals surface area contributed by atoms with Gasteiger partial charge < -0.3 is 9.90 Å². The predicted octanol–water partition coefficient (Wildman–Crippen LogP) is 4.80. The van der Waals surface area contributed by atoms with Gasteiger partial charge >= 0.3 is 0 Å². The average molecular weight is 493 g/mol. The van der Waals surface area contributed by atoms with Gasteiger partial charge in [-0.05, 0) is 46.9 Å². The fourth-order valence-electron chi connectivity index (χ4n) is 5.58. The molecule has 0 radical (unpaired) electrons. The molecule has 0 amide bonds. The van der Waals surface area contributed by atoms with Gasteiger partial charge in [-0.1, -0.05) is 78.9 Å². The number of carbonyl (C=O) groups is 2. The lowest BCUT2D eigenvalue weighted by molar-refractivity contribution is -0.554. The van der Waals surface area contributed by atoms with Crippen LogP contribution < -0.4 is 5.11 Å². The Balaban J connectivity index is 0.000000215. The van der Waals surface area contributed by atoms with Crippen LogP contribution in [0.4, 0.5) is 0 Å². The van der Waals surface area contributed by atoms with Crippen LogP contribution in [0.5, 0.6) is 0 Å². The quantitative estimate of drug-likeness (QED) is 0.178. The highest BCUT2D eigenvalue weighted by Crippen LogP contribution is 2.30. The number of hydrogen-bond acceptors (Lipinski definition) is 4. The zero-order valence-corrected chi connectivity index (χ0v) is 21.1. The van der Waals surface area contributed by atoms with Gasteiger partial charge in [0.25, 0.3) is 0 Å². The van der Waals surface area contributed by atoms with Crippen LogP contribution in [0.15, 0.2) is 84.9 Å². The summed E-state index contributed by atoms with van der Waals surface area (Å²) in [5, 5.41) is 15.6. The molecule has 4 aromatic carbocycles. The molecule has 1 saturated heterocycles. The number of aliphatic carboxylic acids is 1. The summed E-state index contributed by atoms with van der Waals surface area (Å²) >= 11 is 0. The highest BCUT2D eigenvalue weighted by Gasteiger charge is 2.29. The predicted molar refractivity (Wildman–Crippen MR) is 146 cm³/mol. The van der Waals surface area contributed by atoms with Gasteiger partial charge in [-0.15, -0.1) is 0 Å². The zero-order chi connectivity index (χ0) is 25.6. The lowest BCUT2D eigenvalue weighted by atomic mass is 9.96. The number of carboxylic acids is 1. The zero-order valence-electron chi connectivity index (χ0n) is 21.1. The fourth-order valence-corrected chi connectivity index (χ4v) is 5.58. The topological polar surface area (TPSA) is 63.4 Å². The van der Waals surface area contributed by atoms with E-state index < -0.39 is 11.8 Å². The van der Waals surface area contributed by atoms with Gasteiger partial charge in [-0.2, -0.15) is 0 Å². The molecule has 6 rings (SSSR count). The minimum Gasteiger partial charge on any atom is -0.541 e. The summed E-state index contributed by atoms with van der Waals surface area (Å²) in [5.41, 5.74) is 1.64. The van der Waals surface area contributed by atoms with Crippen LogP contribution in [0.1, 0.15) is 48.0 Å². The second-order valence-corrected chi connectivity index (χ2v) is 9.77. The third kappa shape index (κ3) is 5.56. The van der Waals surface area contributed by atoms with Crippen molar-refractivity contribution in [3.63, 3.8) is 0 Å². The van der Waals surface area contributed by atoms with Crippen molar-refractivity contribution in [1.29, 1.82) is 0 Å². The monoisotopic (exact) mass is 492 g/mol. The largest absolute Gasteiger partial charge is 0.541 e. The Morgan fingerprint density at radius 2 is 1.38 bits per heavy atom. The first-order valence-electron chi connectivity index (χ1n) is 13.2. The van der Waals surface area contributed by atoms with Crippen LogP contribution >= 0.6 is 0 Å². The summed E-state index contributed by atoms with van der Waals surface area (Å²) in [6, 6.07) is 27.9. The van der Waals surface area contributed by atoms with Crippen molar-refractivity contribution >= 4 is 39.1 Å². The van der Waals surface area contributed by atoms with Crippen LogP contribution in [0.25, 0.3) is 21.5 Å². The van der Waals surface area contributed by atoms with Gasteiger partial charge in [0.05, 0.1) is 19.6 Å². The molecule has 188 valence electrons. The maximum absolute atomic E-state index is 10.7. The van der Waals surface area contributed by atoms with E-state index in [4.69, 9.17) is 0 Å². The van der Waals surface area contributed by atoms with E-state index >= 15 is 0 Å². The molecule has 1 fully saturated rings. The first kappa shape index (κ1) is 24.7. The van der Waals surface area contributed by atoms with E-state index in [9.17, 15) is 14.7 Å². The molecule has 5 nitrogen and oxygen atoms in total. The second-order valence-electron chi connectivity index (χ2n) is 9.77. The molecule has 4 aromatic rings. The molecule has 37 heavy (non-hydrogen) atoms. The van der Waals surface area contributed by atoms with Crippen LogP contribution in [0.3, 0.4) is 0 Å². The smallest absolute Gasteiger partial charge is 0.247 e. The van der Waals surface area contributed by atoms with Crippen LogP contribution in [-0.4, -0.2) is 46.7 Å². The summed E-state index contributed by atoms with van der Waals surface area (Å²) in [6.45, 7) is 4.74. The van der Waals surface area contributed by atoms with Crippen LogP contribution in [0.2, 0.25) is 0 Å². The van der Waals surface area contributed by atoms with Crippen molar-refractivity contribution in [3.05, 3.63) is 96.1 Å². The molecular formula is C32H32N2O3. The molecule has 0 spiro atoms. The second kappa shape index (κ2) is 11.4. The van der Waals surface area contributed by atoms with E-state index in [1.165, 1.54) is 91.0 Å². The van der Waals surface area contributed by atoms with E-state index in [0.717, 1.165) is 6.54 Å². The molecule has 0 saturated carbocycles. The maximum Gasteiger partial charge on any atom is 0.247 e. The molecule has 0 aromatic heterocycles. The summed E-state index contributed by atoms with van der Waals surface area (Å²) in [5.74, 6) is -1.05. The number of amidine groups is 1. The molecule has 0 aliphatic carbocycles. The summed E-state index contributed by atoms with van der Waals surface area (Å²) < 4.78 is 2.68. The minimum absolute atomic E-state index is 0.146. The minimum atomic E-state index is -1.67. The van der Waals surface area contributed by atoms with Gasteiger partial charge in [0.2, 0.25) is 11.6 Å². The number of benzene rings is 4. The molecule has 0 atom stereocenters. The molecule has 2 aliphatic heterocycles. The third-order valence-electron chi connectivity index (χ3n) is 7.37. The molecule has 2 aliphatic rings. The van der Waals surface area contributed by atoms with Crippen LogP contribution in [0, 0.1) is 0 Å². The lowest BCUT2D eigenvalue weighted by Crippen LogP contribution is -2.43. The van der Waals surface area contributed by atoms with E-state index in [0.29, 0.717) is 0 Å². The Labute approximate surface area is 217 Å². The first-order chi connectivity index (χ1) is 18.1. The third-order valence-corrected chi connectivity index (χ3v) is 7.37. The van der Waals surface area contributed by atoms with E-state index in [-0.39, 0.29) is 5.56 Å². The van der Waals surface area contributed by atoms with Crippen LogP contribution in [-0.2, 0) is 11.3 Å². The molecule has 0 N–H and O–H groups in total. The van der Waals surface area contributed by atoms with Gasteiger partial charge in [0, 0.05) is 24.0 Å². The van der Waals surface area contributed by atoms with E-state index in [1.54, 1.807) is 24.0 Å². The summed E-state index contributed by atoms with van der Waals surface area (Å²) in [6.07, 6.45) is 6.62. The van der Waals surface area contributed by atoms with Crippen molar-refractivity contribution in [3.8, 4) is 0 Å². The average Bonchev–Trinajstić information content (AvgIpc) is 3.20. The number of nitrogens with zero attached hydrogens (tertiary/aromatic N) is 2. The van der Waals surface area contributed by atoms with E-state index in [1.807, 2.05) is 0 Å². The van der Waals surface area contributed by atoms with Gasteiger partial charge in [-0.3, -0.25) is 14.3 Å². The number of carbonyl (C=O) groups excluding carboxylic acids is 2. The number of hydrogen-bond donors (Lipinski definition) is 0. The Morgan fingerprint density at radius 1 is 0.757 bits per heavy atom. The number of ketones is 1. The highest BCUT2D eigenvalue weighted by atomic mass is 16.4. The standard InChI is InChI=1S/C24H27N2.C8H6O3/c1-2-13-24-25(14-7-1)15-8-16-26(24)18-23-21-11-5-3-9-19(21)17-20-10-4-6-12-22(20)23;9-7(8(10)11)6-4-2-1-3-5-6/h3-6,9-12,17H,1-2,7-8,13-16,18H2;1-5H,(H,10,11)/q+1;/p-1. The SMILES string of the molecule is O=C([O-])C(=O)c1ccccc1.c1ccc2c(C[N+]3=C4CCCCCN4CCC3)c3ccccc3cc2c1. The van der Waals surface area contributed by atoms with Crippen molar-refractivity contribution in [2.24, 2.45) is 0 Å². The van der Waals surface area contributed by atoms with Crippen molar-refractivity contribution < 1.29 is 19.3 Å². The van der Waals surface area contributed by atoms with Gasteiger partial charge in [-0.25, -0.2) is 0 Å². The normalized spacial score (nSPS) is 15.5. The Kier molecular flexibility index (Phi) is 7.59. The molecule has 0 unspecified atom stereocenters. The van der Waals surface area contributed by atoms with Crippen molar-refractivity contribution in [2.45, 2.75) is 38.6 Å². The number of fused-ring (bicyclic) bond motifs is 3. The Bertz CT molecular complexity index is 1410. The molecule has 5 heteroatoms. The fraction of sp³-hybridized carbons (Fsp3) is 0.281. The molecule has 0 bridgehead atoms. The Hall–Kier alpha value is -3.99. The summed E-state index contributed by atoms with van der Waals surface area (Å²) in [4.78, 5) is 23.4. The molecular weight excluding hydrogens is 460 g/mol. The maximum atomic E-state index is 10.7. The lowest BCUT2D eigenvalue weighted by Gasteiger charge is -2.26. The van der Waals surface area contributed by atoms with Crippen molar-refractivity contribution in [1.82, 2.24) is 4.90 Å². The van der Waals surface area contributed by atoms with Gasteiger partial charge in [0.15, 0.2) is 0 Å². The number of rotatable bonds is 4.